The number of hydrogen-bond acceptors (Lipinski definition) is 7. The maximum Gasteiger partial charge on any atom is 0.270 e. The maximum atomic E-state index is 6.07. The van der Waals surface area contributed by atoms with Gasteiger partial charge in [-0.15, -0.1) is 10.2 Å². The van der Waals surface area contributed by atoms with Crippen LogP contribution >= 0.6 is 0 Å². The molecule has 1 atom stereocenters. The fourth-order valence-electron chi connectivity index (χ4n) is 3.40. The predicted molar refractivity (Wildman–Crippen MR) is 121 cm³/mol. The van der Waals surface area contributed by atoms with Crippen molar-refractivity contribution in [3.63, 3.8) is 0 Å². The zero-order valence-electron chi connectivity index (χ0n) is 17.5. The Bertz CT molecular complexity index is 1090. The van der Waals surface area contributed by atoms with Crippen LogP contribution < -0.4 is 5.73 Å². The smallest absolute Gasteiger partial charge is 0.270 e. The van der Waals surface area contributed by atoms with Crippen molar-refractivity contribution in [1.29, 1.82) is 0 Å². The summed E-state index contributed by atoms with van der Waals surface area (Å²) >= 11 is 0. The molecule has 152 valence electrons. The standard InChI is InChI=1S/C22H25BN6O/c1-29(2)13-15-5-7-16(8-6-15)18-12-25-20(24)19(26-18)22-28-27-21(30-22)17-9-3-14(11-23)4-10-17/h3,5-10,12,14H,4,11,13,23H2,1-2H3,(H2,24,25). The normalized spacial score (nSPS) is 16.1. The van der Waals surface area contributed by atoms with Crippen LogP contribution in [-0.4, -0.2) is 47.0 Å². The molecule has 0 aliphatic heterocycles. The van der Waals surface area contributed by atoms with E-state index in [1.54, 1.807) is 6.20 Å². The summed E-state index contributed by atoms with van der Waals surface area (Å²) in [7, 11) is 6.28. The second kappa shape index (κ2) is 8.63. The van der Waals surface area contributed by atoms with Gasteiger partial charge in [-0.2, -0.15) is 0 Å². The Kier molecular flexibility index (Phi) is 5.76. The van der Waals surface area contributed by atoms with Crippen LogP contribution in [0.15, 0.2) is 53.1 Å². The predicted octanol–water partition coefficient (Wildman–Crippen LogP) is 2.85. The van der Waals surface area contributed by atoms with Gasteiger partial charge in [0, 0.05) is 17.7 Å². The number of benzene rings is 1. The Labute approximate surface area is 177 Å². The van der Waals surface area contributed by atoms with Gasteiger partial charge in [-0.05, 0) is 32.0 Å². The SMILES string of the molecule is BCC1C=CC(c2nnc(-c3nc(-c4ccc(CN(C)C)cc4)cnc3N)o2)=CC1. The van der Waals surface area contributed by atoms with Crippen molar-refractivity contribution in [2.75, 3.05) is 19.8 Å². The summed E-state index contributed by atoms with van der Waals surface area (Å²) in [5, 5.41) is 8.35. The first-order valence-electron chi connectivity index (χ1n) is 10.1. The second-order valence-electron chi connectivity index (χ2n) is 7.76. The highest BCUT2D eigenvalue weighted by molar-refractivity contribution is 6.08. The largest absolute Gasteiger partial charge is 0.414 e. The zero-order valence-corrected chi connectivity index (χ0v) is 17.5. The number of aromatic nitrogens is 4. The van der Waals surface area contributed by atoms with Gasteiger partial charge in [0.15, 0.2) is 11.5 Å². The molecule has 1 aliphatic rings. The van der Waals surface area contributed by atoms with Crippen molar-refractivity contribution < 1.29 is 4.42 Å². The van der Waals surface area contributed by atoms with E-state index < -0.39 is 0 Å². The van der Waals surface area contributed by atoms with E-state index >= 15 is 0 Å². The molecular weight excluding hydrogens is 375 g/mol. The lowest BCUT2D eigenvalue weighted by atomic mass is 9.85. The first-order chi connectivity index (χ1) is 14.5. The molecule has 0 amide bonds. The van der Waals surface area contributed by atoms with E-state index in [-0.39, 0.29) is 11.7 Å². The van der Waals surface area contributed by atoms with Crippen LogP contribution in [0, 0.1) is 5.92 Å². The quantitative estimate of drug-likeness (QED) is 0.636. The molecule has 30 heavy (non-hydrogen) atoms. The van der Waals surface area contributed by atoms with Gasteiger partial charge in [0.2, 0.25) is 5.89 Å². The van der Waals surface area contributed by atoms with Gasteiger partial charge < -0.3 is 15.1 Å². The Morgan fingerprint density at radius 1 is 1.17 bits per heavy atom. The molecule has 1 aromatic carbocycles. The summed E-state index contributed by atoms with van der Waals surface area (Å²) in [4.78, 5) is 11.1. The molecule has 4 rings (SSSR count). The van der Waals surface area contributed by atoms with E-state index in [0.29, 0.717) is 23.2 Å². The number of nitrogens with two attached hydrogens (primary N) is 1. The minimum Gasteiger partial charge on any atom is -0.414 e. The van der Waals surface area contributed by atoms with E-state index in [0.717, 1.165) is 30.4 Å². The van der Waals surface area contributed by atoms with Gasteiger partial charge in [-0.1, -0.05) is 48.8 Å². The average Bonchev–Trinajstić information content (AvgIpc) is 3.24. The van der Waals surface area contributed by atoms with Crippen LogP contribution in [0.1, 0.15) is 17.9 Å². The Morgan fingerprint density at radius 3 is 2.60 bits per heavy atom. The van der Waals surface area contributed by atoms with Crippen molar-refractivity contribution in [2.24, 2.45) is 5.92 Å². The topological polar surface area (TPSA) is 94.0 Å². The number of rotatable bonds is 6. The first kappa shape index (κ1) is 20.0. The average molecular weight is 400 g/mol. The van der Waals surface area contributed by atoms with E-state index in [2.05, 4.69) is 57.2 Å². The van der Waals surface area contributed by atoms with Gasteiger partial charge in [0.25, 0.3) is 5.89 Å². The minimum atomic E-state index is 0.261. The zero-order chi connectivity index (χ0) is 21.1. The first-order valence-corrected chi connectivity index (χ1v) is 10.1. The van der Waals surface area contributed by atoms with Crippen molar-refractivity contribution in [3.8, 4) is 22.8 Å². The lowest BCUT2D eigenvalue weighted by Crippen LogP contribution is -2.10. The third-order valence-corrected chi connectivity index (χ3v) is 5.14. The number of nitrogens with zero attached hydrogens (tertiary/aromatic N) is 5. The van der Waals surface area contributed by atoms with Crippen LogP contribution in [0.25, 0.3) is 28.4 Å². The van der Waals surface area contributed by atoms with Crippen LogP contribution in [0.3, 0.4) is 0 Å². The number of anilines is 1. The van der Waals surface area contributed by atoms with Gasteiger partial charge in [-0.3, -0.25) is 0 Å². The second-order valence-corrected chi connectivity index (χ2v) is 7.76. The molecule has 0 saturated heterocycles. The molecule has 3 aromatic rings. The summed E-state index contributed by atoms with van der Waals surface area (Å²) in [6.45, 7) is 0.882. The number of allylic oxidation sites excluding steroid dienone is 4. The molecule has 0 saturated carbocycles. The Hall–Kier alpha value is -3.26. The number of hydrogen-bond donors (Lipinski definition) is 1. The summed E-state index contributed by atoms with van der Waals surface area (Å²) in [6.07, 6.45) is 10.1. The third kappa shape index (κ3) is 4.33. The Morgan fingerprint density at radius 2 is 1.93 bits per heavy atom. The van der Waals surface area contributed by atoms with Crippen LogP contribution in [0.4, 0.5) is 5.82 Å². The van der Waals surface area contributed by atoms with Crippen molar-refractivity contribution in [1.82, 2.24) is 25.1 Å². The molecule has 0 fully saturated rings. The summed E-state index contributed by atoms with van der Waals surface area (Å²) in [5.74, 6) is 1.57. The molecule has 1 aliphatic carbocycles. The lowest BCUT2D eigenvalue weighted by molar-refractivity contribution is 0.402. The molecular formula is C22H25BN6O. The summed E-state index contributed by atoms with van der Waals surface area (Å²) in [6, 6.07) is 8.24. The van der Waals surface area contributed by atoms with Crippen LogP contribution in [0.2, 0.25) is 6.32 Å². The van der Waals surface area contributed by atoms with E-state index in [4.69, 9.17) is 10.2 Å². The summed E-state index contributed by atoms with van der Waals surface area (Å²) < 4.78 is 5.88. The molecule has 0 spiro atoms. The molecule has 1 unspecified atom stereocenters. The van der Waals surface area contributed by atoms with E-state index in [1.807, 2.05) is 32.3 Å². The van der Waals surface area contributed by atoms with Gasteiger partial charge in [0.1, 0.15) is 7.85 Å². The summed E-state index contributed by atoms with van der Waals surface area (Å²) in [5.41, 5.74) is 10.3. The van der Waals surface area contributed by atoms with E-state index in [1.165, 1.54) is 5.56 Å². The highest BCUT2D eigenvalue weighted by Gasteiger charge is 2.18. The molecule has 0 bridgehead atoms. The molecule has 7 nitrogen and oxygen atoms in total. The van der Waals surface area contributed by atoms with Crippen molar-refractivity contribution in [3.05, 3.63) is 60.1 Å². The highest BCUT2D eigenvalue weighted by atomic mass is 16.4. The van der Waals surface area contributed by atoms with Crippen LogP contribution in [0.5, 0.6) is 0 Å². The van der Waals surface area contributed by atoms with Crippen molar-refractivity contribution >= 4 is 19.2 Å². The number of nitrogen functional groups attached to an aromatic ring is 1. The maximum absolute atomic E-state index is 6.07. The fourth-order valence-corrected chi connectivity index (χ4v) is 3.40. The Balaban J connectivity index is 1.59. The van der Waals surface area contributed by atoms with Gasteiger partial charge in [-0.25, -0.2) is 9.97 Å². The van der Waals surface area contributed by atoms with Gasteiger partial charge in [0.05, 0.1) is 11.9 Å². The lowest BCUT2D eigenvalue weighted by Gasteiger charge is -2.11. The molecule has 8 heteroatoms. The van der Waals surface area contributed by atoms with Crippen LogP contribution in [-0.2, 0) is 6.54 Å². The van der Waals surface area contributed by atoms with E-state index in [9.17, 15) is 0 Å². The third-order valence-electron chi connectivity index (χ3n) is 5.14. The minimum absolute atomic E-state index is 0.261. The monoisotopic (exact) mass is 400 g/mol. The molecule has 2 N–H and O–H groups in total. The van der Waals surface area contributed by atoms with Crippen molar-refractivity contribution in [2.45, 2.75) is 19.3 Å². The molecule has 2 aromatic heterocycles. The fraction of sp³-hybridized carbons (Fsp3) is 0.273. The molecule has 2 heterocycles. The molecule has 0 radical (unpaired) electrons. The van der Waals surface area contributed by atoms with Gasteiger partial charge >= 0.3 is 0 Å². The highest BCUT2D eigenvalue weighted by Crippen LogP contribution is 2.29.